The minimum atomic E-state index is -0.0674. The Morgan fingerprint density at radius 3 is 2.84 bits per heavy atom. The van der Waals surface area contributed by atoms with Crippen molar-refractivity contribution in [3.63, 3.8) is 0 Å². The molecule has 1 amide bonds. The zero-order chi connectivity index (χ0) is 17.4. The second kappa shape index (κ2) is 6.24. The van der Waals surface area contributed by atoms with Crippen molar-refractivity contribution in [1.82, 2.24) is 9.55 Å². The van der Waals surface area contributed by atoms with E-state index in [-0.39, 0.29) is 5.91 Å². The predicted molar refractivity (Wildman–Crippen MR) is 98.0 cm³/mol. The smallest absolute Gasteiger partial charge is 0.228 e. The molecule has 5 heteroatoms. The van der Waals surface area contributed by atoms with E-state index in [9.17, 15) is 4.79 Å². The van der Waals surface area contributed by atoms with E-state index in [0.717, 1.165) is 22.4 Å². The highest BCUT2D eigenvalue weighted by molar-refractivity contribution is 5.94. The number of imidazole rings is 1. The largest absolute Gasteiger partial charge is 0.495 e. The van der Waals surface area contributed by atoms with Gasteiger partial charge in [0, 0.05) is 13.0 Å². The zero-order valence-electron chi connectivity index (χ0n) is 14.5. The highest BCUT2D eigenvalue weighted by Crippen LogP contribution is 2.40. The summed E-state index contributed by atoms with van der Waals surface area (Å²) in [4.78, 5) is 17.1. The summed E-state index contributed by atoms with van der Waals surface area (Å²) in [6, 6.07) is 13.5. The standard InChI is InChI=1S/C20H21N3O2/c1-23-17-10-7-13(11-16(17)22-20(23)14-8-9-14)12-19(24)21-15-5-3-4-6-18(15)25-2/h3-7,10-11,14H,8-9,12H2,1-2H3,(H,21,24). The molecule has 0 radical (unpaired) electrons. The van der Waals surface area contributed by atoms with Crippen LogP contribution in [0.25, 0.3) is 11.0 Å². The minimum absolute atomic E-state index is 0.0674. The van der Waals surface area contributed by atoms with Crippen molar-refractivity contribution in [1.29, 1.82) is 0 Å². The Kier molecular flexibility index (Phi) is 3.92. The van der Waals surface area contributed by atoms with Gasteiger partial charge in [-0.3, -0.25) is 4.79 Å². The summed E-state index contributed by atoms with van der Waals surface area (Å²) < 4.78 is 7.44. The number of benzene rings is 2. The molecule has 1 saturated carbocycles. The molecule has 0 aliphatic heterocycles. The lowest BCUT2D eigenvalue weighted by Gasteiger charge is -2.09. The summed E-state index contributed by atoms with van der Waals surface area (Å²) in [5.74, 6) is 2.35. The van der Waals surface area contributed by atoms with E-state index in [1.54, 1.807) is 7.11 Å². The van der Waals surface area contributed by atoms with Crippen LogP contribution in [-0.4, -0.2) is 22.6 Å². The maximum Gasteiger partial charge on any atom is 0.228 e. The monoisotopic (exact) mass is 335 g/mol. The minimum Gasteiger partial charge on any atom is -0.495 e. The molecule has 5 nitrogen and oxygen atoms in total. The number of aromatic nitrogens is 2. The van der Waals surface area contributed by atoms with Gasteiger partial charge in [0.1, 0.15) is 11.6 Å². The molecule has 1 fully saturated rings. The Hall–Kier alpha value is -2.82. The third kappa shape index (κ3) is 3.09. The van der Waals surface area contributed by atoms with Gasteiger partial charge in [0.2, 0.25) is 5.91 Å². The molecular weight excluding hydrogens is 314 g/mol. The van der Waals surface area contributed by atoms with Crippen LogP contribution in [0.15, 0.2) is 42.5 Å². The number of para-hydroxylation sites is 2. The van der Waals surface area contributed by atoms with Crippen molar-refractivity contribution < 1.29 is 9.53 Å². The normalized spacial score (nSPS) is 13.8. The maximum atomic E-state index is 12.4. The average molecular weight is 335 g/mol. The van der Waals surface area contributed by atoms with Crippen molar-refractivity contribution in [2.24, 2.45) is 7.05 Å². The lowest BCUT2D eigenvalue weighted by atomic mass is 10.1. The van der Waals surface area contributed by atoms with Crippen molar-refractivity contribution in [2.75, 3.05) is 12.4 Å². The lowest BCUT2D eigenvalue weighted by molar-refractivity contribution is -0.115. The number of aryl methyl sites for hydroxylation is 1. The second-order valence-corrected chi connectivity index (χ2v) is 6.55. The van der Waals surface area contributed by atoms with Gasteiger partial charge in [-0.05, 0) is 42.7 Å². The Balaban J connectivity index is 1.53. The average Bonchev–Trinajstić information content (AvgIpc) is 3.40. The van der Waals surface area contributed by atoms with Gasteiger partial charge in [0.25, 0.3) is 0 Å². The van der Waals surface area contributed by atoms with Crippen molar-refractivity contribution in [3.05, 3.63) is 53.9 Å². The Bertz CT molecular complexity index is 941. The fourth-order valence-electron chi connectivity index (χ4n) is 3.21. The van der Waals surface area contributed by atoms with Crippen LogP contribution >= 0.6 is 0 Å². The van der Waals surface area contributed by atoms with Gasteiger partial charge >= 0.3 is 0 Å². The van der Waals surface area contributed by atoms with Crippen LogP contribution in [0.1, 0.15) is 30.1 Å². The SMILES string of the molecule is COc1ccccc1NC(=O)Cc1ccc2c(c1)nc(C1CC1)n2C. The fourth-order valence-corrected chi connectivity index (χ4v) is 3.21. The molecule has 0 unspecified atom stereocenters. The van der Waals surface area contributed by atoms with Gasteiger partial charge in [-0.25, -0.2) is 4.98 Å². The molecule has 1 heterocycles. The molecule has 2 aromatic carbocycles. The number of nitrogens with zero attached hydrogens (tertiary/aromatic N) is 2. The van der Waals surface area contributed by atoms with Crippen molar-refractivity contribution >= 4 is 22.6 Å². The quantitative estimate of drug-likeness (QED) is 0.774. The Labute approximate surface area is 146 Å². The number of rotatable bonds is 5. The molecule has 0 saturated heterocycles. The van der Waals surface area contributed by atoms with Gasteiger partial charge in [-0.2, -0.15) is 0 Å². The number of fused-ring (bicyclic) bond motifs is 1. The number of nitrogens with one attached hydrogen (secondary N) is 1. The first kappa shape index (κ1) is 15.7. The molecule has 1 aliphatic rings. The van der Waals surface area contributed by atoms with E-state index in [0.29, 0.717) is 23.8 Å². The molecule has 1 aliphatic carbocycles. The van der Waals surface area contributed by atoms with E-state index in [4.69, 9.17) is 9.72 Å². The number of hydrogen-bond donors (Lipinski definition) is 1. The summed E-state index contributed by atoms with van der Waals surface area (Å²) in [5, 5.41) is 2.91. The summed E-state index contributed by atoms with van der Waals surface area (Å²) in [7, 11) is 3.66. The third-order valence-electron chi connectivity index (χ3n) is 4.67. The van der Waals surface area contributed by atoms with Gasteiger partial charge in [-0.1, -0.05) is 18.2 Å². The third-order valence-corrected chi connectivity index (χ3v) is 4.67. The highest BCUT2D eigenvalue weighted by atomic mass is 16.5. The van der Waals surface area contributed by atoms with E-state index < -0.39 is 0 Å². The summed E-state index contributed by atoms with van der Waals surface area (Å²) >= 11 is 0. The second-order valence-electron chi connectivity index (χ2n) is 6.55. The Morgan fingerprint density at radius 2 is 2.08 bits per heavy atom. The molecule has 0 bridgehead atoms. The van der Waals surface area contributed by atoms with Crippen molar-refractivity contribution in [2.45, 2.75) is 25.2 Å². The van der Waals surface area contributed by atoms with Crippen LogP contribution in [0.5, 0.6) is 5.75 Å². The summed E-state index contributed by atoms with van der Waals surface area (Å²) in [6.07, 6.45) is 2.76. The number of ether oxygens (including phenoxy) is 1. The molecule has 25 heavy (non-hydrogen) atoms. The van der Waals surface area contributed by atoms with E-state index >= 15 is 0 Å². The highest BCUT2D eigenvalue weighted by Gasteiger charge is 2.28. The zero-order valence-corrected chi connectivity index (χ0v) is 14.5. The van der Waals surface area contributed by atoms with Crippen LogP contribution < -0.4 is 10.1 Å². The van der Waals surface area contributed by atoms with Crippen molar-refractivity contribution in [3.8, 4) is 5.75 Å². The molecular formula is C20H21N3O2. The first-order valence-electron chi connectivity index (χ1n) is 8.54. The molecule has 1 N–H and O–H groups in total. The summed E-state index contributed by atoms with van der Waals surface area (Å²) in [6.45, 7) is 0. The van der Waals surface area contributed by atoms with Crippen LogP contribution in [-0.2, 0) is 18.3 Å². The molecule has 3 aromatic rings. The van der Waals surface area contributed by atoms with E-state index in [1.165, 1.54) is 12.8 Å². The number of methoxy groups -OCH3 is 1. The van der Waals surface area contributed by atoms with Crippen LogP contribution in [0.3, 0.4) is 0 Å². The van der Waals surface area contributed by atoms with Crippen LogP contribution in [0.4, 0.5) is 5.69 Å². The topological polar surface area (TPSA) is 56.1 Å². The maximum absolute atomic E-state index is 12.4. The number of carbonyl (C=O) groups is 1. The number of hydrogen-bond acceptors (Lipinski definition) is 3. The number of amides is 1. The van der Waals surface area contributed by atoms with Gasteiger partial charge in [0.05, 0.1) is 30.3 Å². The molecule has 1 aromatic heterocycles. The first-order valence-corrected chi connectivity index (χ1v) is 8.54. The first-order chi connectivity index (χ1) is 12.2. The summed E-state index contributed by atoms with van der Waals surface area (Å²) in [5.41, 5.74) is 3.73. The van der Waals surface area contributed by atoms with Crippen LogP contribution in [0, 0.1) is 0 Å². The molecule has 128 valence electrons. The Morgan fingerprint density at radius 1 is 1.28 bits per heavy atom. The molecule has 0 atom stereocenters. The molecule has 0 spiro atoms. The number of anilines is 1. The van der Waals surface area contributed by atoms with E-state index in [1.807, 2.05) is 36.4 Å². The fraction of sp³-hybridized carbons (Fsp3) is 0.300. The number of carbonyl (C=O) groups excluding carboxylic acids is 1. The lowest BCUT2D eigenvalue weighted by Crippen LogP contribution is -2.15. The van der Waals surface area contributed by atoms with Gasteiger partial charge < -0.3 is 14.6 Å². The van der Waals surface area contributed by atoms with Gasteiger partial charge in [-0.15, -0.1) is 0 Å². The van der Waals surface area contributed by atoms with E-state index in [2.05, 4.69) is 23.0 Å². The van der Waals surface area contributed by atoms with Crippen LogP contribution in [0.2, 0.25) is 0 Å². The predicted octanol–water partition coefficient (Wildman–Crippen LogP) is 3.64. The van der Waals surface area contributed by atoms with Gasteiger partial charge in [0.15, 0.2) is 0 Å². The molecule has 4 rings (SSSR count).